The van der Waals surface area contributed by atoms with E-state index < -0.39 is 0 Å². The minimum atomic E-state index is 0.0814. The van der Waals surface area contributed by atoms with Crippen LogP contribution in [-0.4, -0.2) is 60.9 Å². The summed E-state index contributed by atoms with van der Waals surface area (Å²) in [7, 11) is 0. The molecule has 0 spiro atoms. The summed E-state index contributed by atoms with van der Waals surface area (Å²) >= 11 is 0. The van der Waals surface area contributed by atoms with Crippen LogP contribution in [0.1, 0.15) is 12.8 Å². The zero-order chi connectivity index (χ0) is 14.7. The van der Waals surface area contributed by atoms with Crippen LogP contribution in [0.4, 0.5) is 5.69 Å². The third kappa shape index (κ3) is 3.17. The first kappa shape index (κ1) is 13.9. The van der Waals surface area contributed by atoms with Gasteiger partial charge in [0.2, 0.25) is 11.8 Å². The standard InChI is InChI=1S/C16H21N3O2/c20-15-7-4-8-19(15)13-16(21)18-11-9-17(10-12-18)14-5-2-1-3-6-14/h1-3,5-6H,4,7-13H2. The number of carbonyl (C=O) groups is 2. The maximum atomic E-state index is 12.3. The fourth-order valence-electron chi connectivity index (χ4n) is 2.99. The Morgan fingerprint density at radius 1 is 1.00 bits per heavy atom. The van der Waals surface area contributed by atoms with Crippen LogP contribution in [0.2, 0.25) is 0 Å². The molecule has 0 unspecified atom stereocenters. The summed E-state index contributed by atoms with van der Waals surface area (Å²) in [5.74, 6) is 0.198. The minimum absolute atomic E-state index is 0.0814. The van der Waals surface area contributed by atoms with Crippen LogP contribution >= 0.6 is 0 Å². The van der Waals surface area contributed by atoms with Crippen molar-refractivity contribution in [2.24, 2.45) is 0 Å². The number of carbonyl (C=O) groups excluding carboxylic acids is 2. The molecule has 0 atom stereocenters. The summed E-state index contributed by atoms with van der Waals surface area (Å²) in [6, 6.07) is 10.3. The second-order valence-corrected chi connectivity index (χ2v) is 5.62. The van der Waals surface area contributed by atoms with Crippen LogP contribution in [0.5, 0.6) is 0 Å². The van der Waals surface area contributed by atoms with Crippen LogP contribution in [0.25, 0.3) is 0 Å². The van der Waals surface area contributed by atoms with Crippen molar-refractivity contribution < 1.29 is 9.59 Å². The molecule has 2 aliphatic heterocycles. The monoisotopic (exact) mass is 287 g/mol. The summed E-state index contributed by atoms with van der Waals surface area (Å²) in [5, 5.41) is 0. The van der Waals surface area contributed by atoms with Crippen LogP contribution in [0, 0.1) is 0 Å². The van der Waals surface area contributed by atoms with Gasteiger partial charge in [0.25, 0.3) is 0 Å². The Hall–Kier alpha value is -2.04. The highest BCUT2D eigenvalue weighted by molar-refractivity contribution is 5.86. The predicted octanol–water partition coefficient (Wildman–Crippen LogP) is 0.958. The second-order valence-electron chi connectivity index (χ2n) is 5.62. The topological polar surface area (TPSA) is 43.9 Å². The number of hydrogen-bond acceptors (Lipinski definition) is 3. The normalized spacial score (nSPS) is 19.2. The summed E-state index contributed by atoms with van der Waals surface area (Å²) in [6.07, 6.45) is 1.48. The minimum Gasteiger partial charge on any atom is -0.368 e. The summed E-state index contributed by atoms with van der Waals surface area (Å²) < 4.78 is 0. The van der Waals surface area contributed by atoms with Gasteiger partial charge in [-0.05, 0) is 18.6 Å². The molecule has 2 amide bonds. The number of anilines is 1. The van der Waals surface area contributed by atoms with Gasteiger partial charge in [-0.25, -0.2) is 0 Å². The van der Waals surface area contributed by atoms with Gasteiger partial charge in [-0.3, -0.25) is 9.59 Å². The zero-order valence-corrected chi connectivity index (χ0v) is 12.2. The van der Waals surface area contributed by atoms with E-state index in [1.54, 1.807) is 4.90 Å². The first-order valence-electron chi connectivity index (χ1n) is 7.59. The van der Waals surface area contributed by atoms with Crippen LogP contribution in [0.15, 0.2) is 30.3 Å². The number of nitrogens with zero attached hydrogens (tertiary/aromatic N) is 3. The van der Waals surface area contributed by atoms with E-state index in [4.69, 9.17) is 0 Å². The van der Waals surface area contributed by atoms with E-state index in [1.165, 1.54) is 5.69 Å². The molecule has 0 aliphatic carbocycles. The molecule has 2 saturated heterocycles. The molecule has 0 radical (unpaired) electrons. The molecule has 0 bridgehead atoms. The van der Waals surface area contributed by atoms with E-state index >= 15 is 0 Å². The Kier molecular flexibility index (Phi) is 4.08. The van der Waals surface area contributed by atoms with Gasteiger partial charge >= 0.3 is 0 Å². The number of rotatable bonds is 3. The van der Waals surface area contributed by atoms with Crippen molar-refractivity contribution in [1.29, 1.82) is 0 Å². The number of likely N-dealkylation sites (tertiary alicyclic amines) is 1. The van der Waals surface area contributed by atoms with Crippen molar-refractivity contribution in [3.05, 3.63) is 30.3 Å². The summed E-state index contributed by atoms with van der Waals surface area (Å²) in [5.41, 5.74) is 1.21. The Balaban J connectivity index is 1.51. The second kappa shape index (κ2) is 6.16. The number of amides is 2. The van der Waals surface area contributed by atoms with Crippen molar-refractivity contribution in [3.63, 3.8) is 0 Å². The molecular formula is C16H21N3O2. The third-order valence-corrected chi connectivity index (χ3v) is 4.25. The van der Waals surface area contributed by atoms with Crippen molar-refractivity contribution >= 4 is 17.5 Å². The lowest BCUT2D eigenvalue weighted by molar-refractivity contribution is -0.138. The number of piperazine rings is 1. The van der Waals surface area contributed by atoms with Gasteiger partial charge in [-0.15, -0.1) is 0 Å². The molecule has 21 heavy (non-hydrogen) atoms. The molecular weight excluding hydrogens is 266 g/mol. The highest BCUT2D eigenvalue weighted by atomic mass is 16.2. The third-order valence-electron chi connectivity index (χ3n) is 4.25. The first-order chi connectivity index (χ1) is 10.2. The fourth-order valence-corrected chi connectivity index (χ4v) is 2.99. The molecule has 0 N–H and O–H groups in total. The van der Waals surface area contributed by atoms with Crippen molar-refractivity contribution in [2.75, 3.05) is 44.2 Å². The quantitative estimate of drug-likeness (QED) is 0.831. The van der Waals surface area contributed by atoms with Crippen molar-refractivity contribution in [1.82, 2.24) is 9.80 Å². The number of hydrogen-bond donors (Lipinski definition) is 0. The van der Waals surface area contributed by atoms with E-state index in [2.05, 4.69) is 17.0 Å². The van der Waals surface area contributed by atoms with Crippen molar-refractivity contribution in [3.8, 4) is 0 Å². The molecule has 5 nitrogen and oxygen atoms in total. The molecule has 112 valence electrons. The fraction of sp³-hybridized carbons (Fsp3) is 0.500. The van der Waals surface area contributed by atoms with Gasteiger partial charge in [-0.2, -0.15) is 0 Å². The summed E-state index contributed by atoms with van der Waals surface area (Å²) in [6.45, 7) is 4.15. The molecule has 2 fully saturated rings. The maximum absolute atomic E-state index is 12.3. The SMILES string of the molecule is O=C(CN1CCCC1=O)N1CCN(c2ccccc2)CC1. The lowest BCUT2D eigenvalue weighted by Crippen LogP contribution is -2.51. The Morgan fingerprint density at radius 2 is 1.71 bits per heavy atom. The Labute approximate surface area is 125 Å². The molecule has 2 heterocycles. The average molecular weight is 287 g/mol. The highest BCUT2D eigenvalue weighted by Crippen LogP contribution is 2.16. The number of para-hydroxylation sites is 1. The van der Waals surface area contributed by atoms with E-state index in [-0.39, 0.29) is 18.4 Å². The molecule has 1 aromatic rings. The van der Waals surface area contributed by atoms with Gasteiger partial charge in [0.15, 0.2) is 0 Å². The zero-order valence-electron chi connectivity index (χ0n) is 12.2. The summed E-state index contributed by atoms with van der Waals surface area (Å²) in [4.78, 5) is 29.7. The van der Waals surface area contributed by atoms with Gasteiger partial charge in [0.05, 0.1) is 6.54 Å². The molecule has 5 heteroatoms. The predicted molar refractivity (Wildman–Crippen MR) is 81.0 cm³/mol. The molecule has 1 aromatic carbocycles. The molecule has 3 rings (SSSR count). The molecule has 0 aromatic heterocycles. The van der Waals surface area contributed by atoms with Gasteiger partial charge in [0.1, 0.15) is 0 Å². The van der Waals surface area contributed by atoms with Crippen molar-refractivity contribution in [2.45, 2.75) is 12.8 Å². The van der Waals surface area contributed by atoms with E-state index in [0.717, 1.165) is 39.1 Å². The van der Waals surface area contributed by atoms with Gasteiger partial charge in [0, 0.05) is 44.8 Å². The number of benzene rings is 1. The van der Waals surface area contributed by atoms with E-state index in [0.29, 0.717) is 6.42 Å². The molecule has 2 aliphatic rings. The Morgan fingerprint density at radius 3 is 2.33 bits per heavy atom. The Bertz CT molecular complexity index is 510. The lowest BCUT2D eigenvalue weighted by atomic mass is 10.2. The lowest BCUT2D eigenvalue weighted by Gasteiger charge is -2.36. The van der Waals surface area contributed by atoms with Crippen LogP contribution < -0.4 is 4.90 Å². The molecule has 0 saturated carbocycles. The maximum Gasteiger partial charge on any atom is 0.242 e. The van der Waals surface area contributed by atoms with Gasteiger partial charge in [-0.1, -0.05) is 18.2 Å². The smallest absolute Gasteiger partial charge is 0.242 e. The van der Waals surface area contributed by atoms with E-state index in [9.17, 15) is 9.59 Å². The van der Waals surface area contributed by atoms with Crippen LogP contribution in [-0.2, 0) is 9.59 Å². The average Bonchev–Trinajstić information content (AvgIpc) is 2.93. The first-order valence-corrected chi connectivity index (χ1v) is 7.59. The van der Waals surface area contributed by atoms with Crippen LogP contribution in [0.3, 0.4) is 0 Å². The largest absolute Gasteiger partial charge is 0.368 e. The van der Waals surface area contributed by atoms with Gasteiger partial charge < -0.3 is 14.7 Å². The highest BCUT2D eigenvalue weighted by Gasteiger charge is 2.26. The van der Waals surface area contributed by atoms with E-state index in [1.807, 2.05) is 23.1 Å².